The first-order chi connectivity index (χ1) is 15.6. The van der Waals surface area contributed by atoms with Gasteiger partial charge in [-0.1, -0.05) is 76.6 Å². The number of fused-ring (bicyclic) bond motifs is 1. The van der Waals surface area contributed by atoms with E-state index >= 15 is 0 Å². The fraction of sp³-hybridized carbons (Fsp3) is 0.577. The summed E-state index contributed by atoms with van der Waals surface area (Å²) in [5.74, 6) is -0.410. The quantitative estimate of drug-likeness (QED) is 0.645. The number of aromatic nitrogens is 2. The van der Waals surface area contributed by atoms with Gasteiger partial charge in [-0.15, -0.1) is 0 Å². The Morgan fingerprint density at radius 3 is 2.39 bits per heavy atom. The number of rotatable bonds is 3. The summed E-state index contributed by atoms with van der Waals surface area (Å²) in [6, 6.07) is 9.20. The summed E-state index contributed by atoms with van der Waals surface area (Å²) >= 11 is 6.54. The SMILES string of the molecule is CC(C)(C)c1cc2n(n1)CC(C)(C(=O)NC1CCCCCCC1)N(c1ccccc1Cl)C2=O. The van der Waals surface area contributed by atoms with Crippen LogP contribution in [0, 0.1) is 0 Å². The predicted octanol–water partition coefficient (Wildman–Crippen LogP) is 5.48. The Labute approximate surface area is 201 Å². The number of para-hydroxylation sites is 1. The molecule has 2 aliphatic rings. The summed E-state index contributed by atoms with van der Waals surface area (Å²) in [7, 11) is 0. The normalized spacial score (nSPS) is 22.5. The van der Waals surface area contributed by atoms with Crippen LogP contribution < -0.4 is 10.2 Å². The highest BCUT2D eigenvalue weighted by Crippen LogP contribution is 2.37. The van der Waals surface area contributed by atoms with Crippen LogP contribution in [-0.4, -0.2) is 33.2 Å². The minimum Gasteiger partial charge on any atom is -0.351 e. The Morgan fingerprint density at radius 2 is 1.76 bits per heavy atom. The minimum absolute atomic E-state index is 0.127. The summed E-state index contributed by atoms with van der Waals surface area (Å²) in [6.45, 7) is 8.30. The second-order valence-electron chi connectivity index (χ2n) is 10.7. The van der Waals surface area contributed by atoms with Gasteiger partial charge in [0.25, 0.3) is 5.91 Å². The molecule has 0 radical (unpaired) electrons. The summed E-state index contributed by atoms with van der Waals surface area (Å²) in [6.07, 6.45) is 7.87. The van der Waals surface area contributed by atoms with E-state index in [9.17, 15) is 9.59 Å². The van der Waals surface area contributed by atoms with Crippen molar-refractivity contribution in [1.29, 1.82) is 0 Å². The Kier molecular flexibility index (Phi) is 6.59. The molecule has 2 aromatic rings. The number of nitrogens with one attached hydrogen (secondary N) is 1. The average Bonchev–Trinajstić information content (AvgIpc) is 3.16. The van der Waals surface area contributed by atoms with Gasteiger partial charge in [0.2, 0.25) is 5.91 Å². The largest absolute Gasteiger partial charge is 0.351 e. The molecule has 7 heteroatoms. The van der Waals surface area contributed by atoms with Gasteiger partial charge in [0.15, 0.2) is 0 Å². The number of nitrogens with zero attached hydrogens (tertiary/aromatic N) is 3. The molecule has 1 aliphatic carbocycles. The molecule has 1 atom stereocenters. The zero-order valence-electron chi connectivity index (χ0n) is 20.2. The van der Waals surface area contributed by atoms with Gasteiger partial charge in [-0.05, 0) is 38.0 Å². The molecular formula is C26H35ClN4O2. The van der Waals surface area contributed by atoms with Crippen LogP contribution in [0.25, 0.3) is 0 Å². The number of carbonyl (C=O) groups excluding carboxylic acids is 2. The summed E-state index contributed by atoms with van der Waals surface area (Å²) in [5.41, 5.74) is 0.491. The van der Waals surface area contributed by atoms with Gasteiger partial charge in [0, 0.05) is 11.5 Å². The molecule has 33 heavy (non-hydrogen) atoms. The molecule has 1 unspecified atom stereocenters. The first kappa shape index (κ1) is 23.8. The number of amides is 2. The van der Waals surface area contributed by atoms with E-state index < -0.39 is 5.54 Å². The van der Waals surface area contributed by atoms with Gasteiger partial charge in [-0.25, -0.2) is 0 Å². The maximum absolute atomic E-state index is 13.9. The van der Waals surface area contributed by atoms with Crippen molar-refractivity contribution in [2.24, 2.45) is 0 Å². The fourth-order valence-electron chi connectivity index (χ4n) is 4.90. The molecule has 1 aromatic heterocycles. The highest BCUT2D eigenvalue weighted by atomic mass is 35.5. The van der Waals surface area contributed by atoms with Crippen LogP contribution >= 0.6 is 11.6 Å². The topological polar surface area (TPSA) is 67.2 Å². The van der Waals surface area contributed by atoms with Gasteiger partial charge in [0.05, 0.1) is 22.9 Å². The van der Waals surface area contributed by atoms with Crippen molar-refractivity contribution >= 4 is 29.1 Å². The van der Waals surface area contributed by atoms with E-state index in [0.29, 0.717) is 16.4 Å². The number of hydrogen-bond acceptors (Lipinski definition) is 3. The molecule has 1 saturated carbocycles. The lowest BCUT2D eigenvalue weighted by molar-refractivity contribution is -0.127. The van der Waals surface area contributed by atoms with E-state index in [4.69, 9.17) is 16.7 Å². The molecule has 1 aromatic carbocycles. The van der Waals surface area contributed by atoms with Crippen LogP contribution in [0.2, 0.25) is 5.02 Å². The number of halogens is 1. The smallest absolute Gasteiger partial charge is 0.277 e. The van der Waals surface area contributed by atoms with Gasteiger partial charge >= 0.3 is 0 Å². The molecule has 4 rings (SSSR count). The lowest BCUT2D eigenvalue weighted by Crippen LogP contribution is -2.65. The summed E-state index contributed by atoms with van der Waals surface area (Å²) < 4.78 is 1.70. The Balaban J connectivity index is 1.74. The van der Waals surface area contributed by atoms with Crippen molar-refractivity contribution in [1.82, 2.24) is 15.1 Å². The Hall–Kier alpha value is -2.34. The van der Waals surface area contributed by atoms with E-state index in [1.807, 2.05) is 25.1 Å². The number of hydrogen-bond donors (Lipinski definition) is 1. The Morgan fingerprint density at radius 1 is 1.12 bits per heavy atom. The first-order valence-corrected chi connectivity index (χ1v) is 12.5. The molecule has 0 spiro atoms. The van der Waals surface area contributed by atoms with Crippen molar-refractivity contribution < 1.29 is 9.59 Å². The zero-order chi connectivity index (χ0) is 23.8. The molecular weight excluding hydrogens is 436 g/mol. The molecule has 0 saturated heterocycles. The number of benzene rings is 1. The fourth-order valence-corrected chi connectivity index (χ4v) is 5.12. The maximum Gasteiger partial charge on any atom is 0.277 e. The summed E-state index contributed by atoms with van der Waals surface area (Å²) in [4.78, 5) is 29.3. The van der Waals surface area contributed by atoms with Gasteiger partial charge in [0.1, 0.15) is 11.2 Å². The van der Waals surface area contributed by atoms with Crippen molar-refractivity contribution in [2.45, 2.75) is 96.2 Å². The van der Waals surface area contributed by atoms with Crippen LogP contribution in [-0.2, 0) is 16.8 Å². The van der Waals surface area contributed by atoms with E-state index in [1.54, 1.807) is 21.7 Å². The second-order valence-corrected chi connectivity index (χ2v) is 11.1. The molecule has 2 heterocycles. The second kappa shape index (κ2) is 9.13. The summed E-state index contributed by atoms with van der Waals surface area (Å²) in [5, 5.41) is 8.46. The van der Waals surface area contributed by atoms with Crippen LogP contribution in [0.15, 0.2) is 30.3 Å². The monoisotopic (exact) mass is 470 g/mol. The van der Waals surface area contributed by atoms with Gasteiger partial charge in [-0.2, -0.15) is 5.10 Å². The predicted molar refractivity (Wildman–Crippen MR) is 132 cm³/mol. The van der Waals surface area contributed by atoms with Crippen LogP contribution in [0.3, 0.4) is 0 Å². The number of anilines is 1. The molecule has 178 valence electrons. The standard InChI is InChI=1S/C26H35ClN4O2/c1-25(2,3)22-16-21-23(32)31(20-15-11-10-14-19(20)27)26(4,17-30(21)29-22)24(33)28-18-12-8-6-5-7-9-13-18/h10-11,14-16,18H,5-9,12-13,17H2,1-4H3,(H,28,33). The van der Waals surface area contributed by atoms with Crippen LogP contribution in [0.1, 0.15) is 88.8 Å². The molecule has 1 N–H and O–H groups in total. The minimum atomic E-state index is -1.15. The van der Waals surface area contributed by atoms with E-state index in [-0.39, 0.29) is 29.8 Å². The van der Waals surface area contributed by atoms with Crippen molar-refractivity contribution in [3.63, 3.8) is 0 Å². The van der Waals surface area contributed by atoms with E-state index in [0.717, 1.165) is 31.4 Å². The molecule has 1 aliphatic heterocycles. The number of carbonyl (C=O) groups is 2. The maximum atomic E-state index is 13.9. The first-order valence-electron chi connectivity index (χ1n) is 12.1. The highest BCUT2D eigenvalue weighted by Gasteiger charge is 2.50. The lowest BCUT2D eigenvalue weighted by atomic mass is 9.90. The molecule has 2 amide bonds. The molecule has 1 fully saturated rings. The van der Waals surface area contributed by atoms with Gasteiger partial charge in [-0.3, -0.25) is 19.2 Å². The third-order valence-corrected chi connectivity index (χ3v) is 7.26. The average molecular weight is 471 g/mol. The van der Waals surface area contributed by atoms with Crippen molar-refractivity contribution in [2.75, 3.05) is 4.90 Å². The van der Waals surface area contributed by atoms with E-state index in [2.05, 4.69) is 26.1 Å². The Bertz CT molecular complexity index is 1030. The third-order valence-electron chi connectivity index (χ3n) is 6.94. The highest BCUT2D eigenvalue weighted by molar-refractivity contribution is 6.34. The molecule has 0 bridgehead atoms. The lowest BCUT2D eigenvalue weighted by Gasteiger charge is -2.44. The zero-order valence-corrected chi connectivity index (χ0v) is 20.9. The van der Waals surface area contributed by atoms with Crippen molar-refractivity contribution in [3.8, 4) is 0 Å². The van der Waals surface area contributed by atoms with E-state index in [1.165, 1.54) is 19.3 Å². The van der Waals surface area contributed by atoms with Gasteiger partial charge < -0.3 is 5.32 Å². The van der Waals surface area contributed by atoms with Crippen LogP contribution in [0.5, 0.6) is 0 Å². The van der Waals surface area contributed by atoms with Crippen molar-refractivity contribution in [3.05, 3.63) is 46.7 Å². The molecule has 6 nitrogen and oxygen atoms in total. The third kappa shape index (κ3) is 4.68. The van der Waals surface area contributed by atoms with Crippen LogP contribution in [0.4, 0.5) is 5.69 Å².